The number of methoxy groups -OCH3 is 1. The summed E-state index contributed by atoms with van der Waals surface area (Å²) in [5, 5.41) is 0.169. The molecule has 0 heterocycles. The van der Waals surface area contributed by atoms with Gasteiger partial charge < -0.3 is 13.9 Å². The Morgan fingerprint density at radius 2 is 1.70 bits per heavy atom. The first kappa shape index (κ1) is 22.1. The number of carbonyl (C=O) groups is 1. The van der Waals surface area contributed by atoms with Crippen molar-refractivity contribution in [3.05, 3.63) is 35.9 Å². The minimum Gasteiger partial charge on any atom is -0.469 e. The van der Waals surface area contributed by atoms with Crippen molar-refractivity contribution in [2.24, 2.45) is 5.92 Å². The molecule has 0 unspecified atom stereocenters. The third kappa shape index (κ3) is 6.73. The maximum absolute atomic E-state index is 11.8. The van der Waals surface area contributed by atoms with Crippen LogP contribution in [-0.4, -0.2) is 33.6 Å². The fourth-order valence-corrected chi connectivity index (χ4v) is 4.80. The largest absolute Gasteiger partial charge is 0.469 e. The Bertz CT molecular complexity index is 594. The predicted molar refractivity (Wildman–Crippen MR) is 111 cm³/mol. The summed E-state index contributed by atoms with van der Waals surface area (Å²) in [4.78, 5) is 11.8. The molecule has 3 atom stereocenters. The Balaban J connectivity index is 2.03. The van der Waals surface area contributed by atoms with Crippen LogP contribution in [0.5, 0.6) is 0 Å². The Kier molecular flexibility index (Phi) is 7.66. The molecule has 1 aromatic carbocycles. The maximum atomic E-state index is 11.8. The number of esters is 1. The van der Waals surface area contributed by atoms with E-state index in [9.17, 15) is 4.79 Å². The van der Waals surface area contributed by atoms with Gasteiger partial charge in [0.2, 0.25) is 0 Å². The van der Waals surface area contributed by atoms with Gasteiger partial charge in [-0.25, -0.2) is 0 Å². The summed E-state index contributed by atoms with van der Waals surface area (Å²) in [6, 6.07) is 10.2. The molecular formula is C22H36O4Si. The molecule has 0 bridgehead atoms. The molecule has 0 saturated heterocycles. The van der Waals surface area contributed by atoms with Crippen LogP contribution < -0.4 is 0 Å². The summed E-state index contributed by atoms with van der Waals surface area (Å²) in [5.41, 5.74) is 1.18. The van der Waals surface area contributed by atoms with Crippen LogP contribution in [0.25, 0.3) is 0 Å². The third-order valence-electron chi connectivity index (χ3n) is 6.00. The number of carbonyl (C=O) groups excluding carboxylic acids is 1. The molecule has 1 fully saturated rings. The molecule has 27 heavy (non-hydrogen) atoms. The predicted octanol–water partition coefficient (Wildman–Crippen LogP) is 5.33. The smallest absolute Gasteiger partial charge is 0.305 e. The molecule has 0 spiro atoms. The second-order valence-corrected chi connectivity index (χ2v) is 14.0. The molecule has 0 radical (unpaired) electrons. The van der Waals surface area contributed by atoms with Crippen LogP contribution in [0, 0.1) is 5.92 Å². The van der Waals surface area contributed by atoms with Crippen LogP contribution in [0.2, 0.25) is 18.1 Å². The van der Waals surface area contributed by atoms with Crippen LogP contribution in [0.4, 0.5) is 0 Å². The van der Waals surface area contributed by atoms with Crippen molar-refractivity contribution in [2.45, 2.75) is 83.4 Å². The maximum Gasteiger partial charge on any atom is 0.305 e. The van der Waals surface area contributed by atoms with Gasteiger partial charge in [0.05, 0.1) is 19.8 Å². The highest BCUT2D eigenvalue weighted by molar-refractivity contribution is 6.74. The minimum absolute atomic E-state index is 0.114. The van der Waals surface area contributed by atoms with E-state index in [2.05, 4.69) is 46.0 Å². The van der Waals surface area contributed by atoms with Gasteiger partial charge in [0.25, 0.3) is 0 Å². The first-order valence-electron chi connectivity index (χ1n) is 10.0. The summed E-state index contributed by atoms with van der Waals surface area (Å²) in [7, 11) is -0.402. The van der Waals surface area contributed by atoms with E-state index in [0.29, 0.717) is 13.0 Å². The van der Waals surface area contributed by atoms with E-state index in [1.54, 1.807) is 0 Å². The van der Waals surface area contributed by atoms with Crippen LogP contribution in [0.3, 0.4) is 0 Å². The topological polar surface area (TPSA) is 44.8 Å². The van der Waals surface area contributed by atoms with Gasteiger partial charge in [-0.05, 0) is 48.9 Å². The summed E-state index contributed by atoms with van der Waals surface area (Å²) in [6.07, 6.45) is 3.40. The van der Waals surface area contributed by atoms with E-state index < -0.39 is 8.32 Å². The molecule has 1 aliphatic rings. The van der Waals surface area contributed by atoms with Gasteiger partial charge in [-0.1, -0.05) is 51.1 Å². The van der Waals surface area contributed by atoms with E-state index in [1.807, 2.05) is 18.2 Å². The van der Waals surface area contributed by atoms with E-state index in [0.717, 1.165) is 19.3 Å². The number of rotatable bonds is 7. The van der Waals surface area contributed by atoms with Gasteiger partial charge in [0.1, 0.15) is 0 Å². The van der Waals surface area contributed by atoms with E-state index in [1.165, 1.54) is 12.7 Å². The highest BCUT2D eigenvalue weighted by Crippen LogP contribution is 2.40. The van der Waals surface area contributed by atoms with Gasteiger partial charge in [0.15, 0.2) is 8.32 Å². The summed E-state index contributed by atoms with van der Waals surface area (Å²) < 4.78 is 17.8. The van der Waals surface area contributed by atoms with Crippen molar-refractivity contribution in [2.75, 3.05) is 7.11 Å². The van der Waals surface area contributed by atoms with Crippen molar-refractivity contribution in [1.82, 2.24) is 0 Å². The molecule has 1 saturated carbocycles. The van der Waals surface area contributed by atoms with E-state index in [-0.39, 0.29) is 29.1 Å². The zero-order chi connectivity index (χ0) is 20.1. The normalized spacial score (nSPS) is 23.9. The number of hydrogen-bond donors (Lipinski definition) is 0. The molecule has 1 aliphatic carbocycles. The fourth-order valence-electron chi connectivity index (χ4n) is 3.43. The molecule has 152 valence electrons. The first-order chi connectivity index (χ1) is 12.6. The van der Waals surface area contributed by atoms with Crippen LogP contribution in [0.1, 0.15) is 52.0 Å². The highest BCUT2D eigenvalue weighted by atomic mass is 28.4. The monoisotopic (exact) mass is 392 g/mol. The molecule has 0 N–H and O–H groups in total. The molecule has 5 heteroatoms. The SMILES string of the molecule is COC(=O)C[C@H]1C[C@@H](OCc2ccccc2)C[C@H](O[Si](C)(C)C(C)(C)C)C1. The average Bonchev–Trinajstić information content (AvgIpc) is 2.59. The minimum atomic E-state index is -1.86. The van der Waals surface area contributed by atoms with Crippen LogP contribution in [-0.2, 0) is 25.3 Å². The molecule has 0 aliphatic heterocycles. The van der Waals surface area contributed by atoms with Crippen molar-refractivity contribution in [3.63, 3.8) is 0 Å². The number of ether oxygens (including phenoxy) is 2. The van der Waals surface area contributed by atoms with Crippen molar-refractivity contribution < 1.29 is 18.7 Å². The van der Waals surface area contributed by atoms with Crippen molar-refractivity contribution >= 4 is 14.3 Å². The Morgan fingerprint density at radius 1 is 1.07 bits per heavy atom. The highest BCUT2D eigenvalue weighted by Gasteiger charge is 2.41. The number of hydrogen-bond acceptors (Lipinski definition) is 4. The first-order valence-corrected chi connectivity index (χ1v) is 12.9. The Labute approximate surface area is 165 Å². The Morgan fingerprint density at radius 3 is 2.30 bits per heavy atom. The second-order valence-electron chi connectivity index (χ2n) is 9.27. The number of benzene rings is 1. The lowest BCUT2D eigenvalue weighted by Crippen LogP contribution is -2.46. The van der Waals surface area contributed by atoms with Crippen molar-refractivity contribution in [3.8, 4) is 0 Å². The lowest BCUT2D eigenvalue weighted by molar-refractivity contribution is -0.143. The Hall–Kier alpha value is -1.17. The van der Waals surface area contributed by atoms with Crippen LogP contribution >= 0.6 is 0 Å². The van der Waals surface area contributed by atoms with Gasteiger partial charge in [-0.3, -0.25) is 4.79 Å². The zero-order valence-corrected chi connectivity index (χ0v) is 18.8. The third-order valence-corrected chi connectivity index (χ3v) is 10.5. The van der Waals surface area contributed by atoms with Gasteiger partial charge >= 0.3 is 5.97 Å². The lowest BCUT2D eigenvalue weighted by atomic mass is 9.83. The van der Waals surface area contributed by atoms with Gasteiger partial charge in [-0.2, -0.15) is 0 Å². The van der Waals surface area contributed by atoms with Gasteiger partial charge in [-0.15, -0.1) is 0 Å². The van der Waals surface area contributed by atoms with E-state index in [4.69, 9.17) is 13.9 Å². The van der Waals surface area contributed by atoms with Crippen LogP contribution in [0.15, 0.2) is 30.3 Å². The second kappa shape index (κ2) is 9.35. The van der Waals surface area contributed by atoms with E-state index >= 15 is 0 Å². The summed E-state index contributed by atoms with van der Waals surface area (Å²) >= 11 is 0. The van der Waals surface area contributed by atoms with Gasteiger partial charge in [0, 0.05) is 12.5 Å². The summed E-state index contributed by atoms with van der Waals surface area (Å²) in [6.45, 7) is 12.0. The average molecular weight is 393 g/mol. The lowest BCUT2D eigenvalue weighted by Gasteiger charge is -2.43. The standard InChI is InChI=1S/C22H36O4Si/c1-22(2,3)27(5,6)26-20-13-18(14-21(23)24-4)12-19(15-20)25-16-17-10-8-7-9-11-17/h7-11,18-20H,12-16H2,1-6H3/t18-,19+,20+/m0/s1. The molecular weight excluding hydrogens is 356 g/mol. The quantitative estimate of drug-likeness (QED) is 0.465. The molecule has 1 aromatic rings. The zero-order valence-electron chi connectivity index (χ0n) is 17.8. The molecule has 0 amide bonds. The van der Waals surface area contributed by atoms with Crippen molar-refractivity contribution in [1.29, 1.82) is 0 Å². The summed E-state index contributed by atoms with van der Waals surface area (Å²) in [5.74, 6) is 0.108. The molecule has 0 aromatic heterocycles. The molecule has 2 rings (SSSR count). The molecule has 4 nitrogen and oxygen atoms in total. The fraction of sp³-hybridized carbons (Fsp3) is 0.682.